The van der Waals surface area contributed by atoms with Crippen LogP contribution in [0.5, 0.6) is 5.75 Å². The van der Waals surface area contributed by atoms with E-state index >= 15 is 0 Å². The average Bonchev–Trinajstić information content (AvgIpc) is 2.75. The van der Waals surface area contributed by atoms with Crippen molar-refractivity contribution in [3.05, 3.63) is 89.1 Å². The SMILES string of the molecule is COc1cccc2cc(C(=O)Nc3ccccn3)c(=Nc3ccc(Cl)cc3)oc12. The van der Waals surface area contributed by atoms with Gasteiger partial charge in [0.05, 0.1) is 12.8 Å². The Morgan fingerprint density at radius 2 is 1.93 bits per heavy atom. The molecule has 29 heavy (non-hydrogen) atoms. The summed E-state index contributed by atoms with van der Waals surface area (Å²) in [5, 5.41) is 4.07. The molecule has 0 spiro atoms. The molecule has 1 N–H and O–H groups in total. The van der Waals surface area contributed by atoms with Crippen molar-refractivity contribution in [3.8, 4) is 5.75 Å². The number of aromatic nitrogens is 1. The minimum atomic E-state index is -0.384. The van der Waals surface area contributed by atoms with Crippen molar-refractivity contribution in [3.63, 3.8) is 0 Å². The quantitative estimate of drug-likeness (QED) is 0.519. The molecule has 6 nitrogen and oxygen atoms in total. The summed E-state index contributed by atoms with van der Waals surface area (Å²) < 4.78 is 11.4. The Morgan fingerprint density at radius 3 is 2.66 bits per heavy atom. The van der Waals surface area contributed by atoms with Crippen LogP contribution in [-0.4, -0.2) is 18.0 Å². The molecule has 2 aromatic carbocycles. The molecule has 0 aliphatic rings. The lowest BCUT2D eigenvalue weighted by Crippen LogP contribution is -2.22. The Morgan fingerprint density at radius 1 is 1.10 bits per heavy atom. The van der Waals surface area contributed by atoms with E-state index in [1.165, 1.54) is 0 Å². The fourth-order valence-corrected chi connectivity index (χ4v) is 2.91. The van der Waals surface area contributed by atoms with E-state index in [0.717, 1.165) is 0 Å². The molecular weight excluding hydrogens is 390 g/mol. The molecular formula is C22H16ClN3O3. The van der Waals surface area contributed by atoms with Crippen LogP contribution < -0.4 is 15.6 Å². The van der Waals surface area contributed by atoms with Crippen LogP contribution in [0, 0.1) is 0 Å². The second kappa shape index (κ2) is 8.16. The summed E-state index contributed by atoms with van der Waals surface area (Å²) in [5.74, 6) is 0.595. The van der Waals surface area contributed by atoms with Crippen LogP contribution in [0.3, 0.4) is 0 Å². The minimum absolute atomic E-state index is 0.151. The number of anilines is 1. The monoisotopic (exact) mass is 405 g/mol. The maximum absolute atomic E-state index is 13.0. The predicted octanol–water partition coefficient (Wildman–Crippen LogP) is 4.97. The van der Waals surface area contributed by atoms with Gasteiger partial charge in [-0.2, -0.15) is 0 Å². The van der Waals surface area contributed by atoms with Crippen molar-refractivity contribution < 1.29 is 13.9 Å². The van der Waals surface area contributed by atoms with Crippen molar-refractivity contribution in [2.24, 2.45) is 4.99 Å². The molecule has 4 aromatic rings. The van der Waals surface area contributed by atoms with E-state index in [9.17, 15) is 4.79 Å². The number of amides is 1. The highest BCUT2D eigenvalue weighted by Gasteiger charge is 2.15. The molecule has 0 saturated carbocycles. The zero-order chi connectivity index (χ0) is 20.2. The summed E-state index contributed by atoms with van der Waals surface area (Å²) in [6.45, 7) is 0. The summed E-state index contributed by atoms with van der Waals surface area (Å²) >= 11 is 5.95. The molecule has 2 heterocycles. The number of ether oxygens (including phenoxy) is 1. The summed E-state index contributed by atoms with van der Waals surface area (Å²) in [5.41, 5.74) is 1.51. The number of fused-ring (bicyclic) bond motifs is 1. The van der Waals surface area contributed by atoms with Gasteiger partial charge < -0.3 is 14.5 Å². The topological polar surface area (TPSA) is 76.7 Å². The second-order valence-corrected chi connectivity index (χ2v) is 6.54. The lowest BCUT2D eigenvalue weighted by Gasteiger charge is -2.08. The number of carbonyl (C=O) groups is 1. The van der Waals surface area contributed by atoms with Gasteiger partial charge in [-0.25, -0.2) is 9.98 Å². The fraction of sp³-hybridized carbons (Fsp3) is 0.0455. The Hall–Kier alpha value is -3.64. The summed E-state index contributed by atoms with van der Waals surface area (Å²) in [4.78, 5) is 21.6. The molecule has 0 aliphatic carbocycles. The third kappa shape index (κ3) is 4.12. The van der Waals surface area contributed by atoms with Crippen LogP contribution in [0.25, 0.3) is 11.0 Å². The third-order valence-electron chi connectivity index (χ3n) is 4.17. The van der Waals surface area contributed by atoms with E-state index in [4.69, 9.17) is 20.8 Å². The number of pyridine rings is 1. The number of rotatable bonds is 4. The van der Waals surface area contributed by atoms with Crippen molar-refractivity contribution in [1.29, 1.82) is 0 Å². The Balaban J connectivity index is 1.89. The molecule has 0 saturated heterocycles. The number of carbonyl (C=O) groups excluding carboxylic acids is 1. The van der Waals surface area contributed by atoms with Gasteiger partial charge in [0.2, 0.25) is 5.55 Å². The molecule has 0 aliphatic heterocycles. The lowest BCUT2D eigenvalue weighted by molar-refractivity contribution is 0.102. The average molecular weight is 406 g/mol. The van der Waals surface area contributed by atoms with Gasteiger partial charge in [0.15, 0.2) is 11.3 Å². The maximum Gasteiger partial charge on any atom is 0.262 e. The normalized spacial score (nSPS) is 11.4. The fourth-order valence-electron chi connectivity index (χ4n) is 2.78. The Labute approximate surface area is 171 Å². The van der Waals surface area contributed by atoms with Gasteiger partial charge in [-0.1, -0.05) is 29.8 Å². The van der Waals surface area contributed by atoms with Gasteiger partial charge in [0.1, 0.15) is 11.4 Å². The molecule has 7 heteroatoms. The van der Waals surface area contributed by atoms with Crippen LogP contribution in [0.1, 0.15) is 10.4 Å². The zero-order valence-corrected chi connectivity index (χ0v) is 16.2. The Bertz CT molecular complexity index is 1240. The molecule has 0 unspecified atom stereocenters. The summed E-state index contributed by atoms with van der Waals surface area (Å²) in [6.07, 6.45) is 1.60. The number of methoxy groups -OCH3 is 1. The molecule has 4 rings (SSSR count). The lowest BCUT2D eigenvalue weighted by atomic mass is 10.1. The van der Waals surface area contributed by atoms with Gasteiger partial charge in [-0.3, -0.25) is 4.79 Å². The molecule has 1 amide bonds. The van der Waals surface area contributed by atoms with Crippen LogP contribution in [0.4, 0.5) is 11.5 Å². The molecule has 0 bridgehead atoms. The van der Waals surface area contributed by atoms with Crippen molar-refractivity contribution in [1.82, 2.24) is 4.98 Å². The molecule has 0 radical (unpaired) electrons. The number of para-hydroxylation sites is 1. The van der Waals surface area contributed by atoms with E-state index in [-0.39, 0.29) is 17.0 Å². The summed E-state index contributed by atoms with van der Waals surface area (Å²) in [6, 6.07) is 19.3. The van der Waals surface area contributed by atoms with E-state index in [2.05, 4.69) is 15.3 Å². The van der Waals surface area contributed by atoms with Crippen LogP contribution in [0.15, 0.2) is 82.3 Å². The molecule has 144 valence electrons. The van der Waals surface area contributed by atoms with Gasteiger partial charge in [-0.05, 0) is 48.5 Å². The highest BCUT2D eigenvalue weighted by atomic mass is 35.5. The van der Waals surface area contributed by atoms with Crippen LogP contribution in [0.2, 0.25) is 5.02 Å². The predicted molar refractivity (Wildman–Crippen MR) is 112 cm³/mol. The largest absolute Gasteiger partial charge is 0.493 e. The van der Waals surface area contributed by atoms with Crippen LogP contribution in [-0.2, 0) is 0 Å². The first-order valence-corrected chi connectivity index (χ1v) is 9.15. The first kappa shape index (κ1) is 18.7. The Kier molecular flexibility index (Phi) is 5.27. The van der Waals surface area contributed by atoms with Gasteiger partial charge >= 0.3 is 0 Å². The molecule has 2 aromatic heterocycles. The highest BCUT2D eigenvalue weighted by Crippen LogP contribution is 2.25. The highest BCUT2D eigenvalue weighted by molar-refractivity contribution is 6.30. The third-order valence-corrected chi connectivity index (χ3v) is 4.42. The van der Waals surface area contributed by atoms with E-state index in [0.29, 0.717) is 33.2 Å². The van der Waals surface area contributed by atoms with Crippen molar-refractivity contribution in [2.75, 3.05) is 12.4 Å². The van der Waals surface area contributed by atoms with Crippen LogP contribution >= 0.6 is 11.6 Å². The first-order chi connectivity index (χ1) is 14.1. The van der Waals surface area contributed by atoms with E-state index in [1.807, 2.05) is 12.1 Å². The van der Waals surface area contributed by atoms with Crippen molar-refractivity contribution >= 4 is 40.0 Å². The van der Waals surface area contributed by atoms with Gasteiger partial charge in [0, 0.05) is 16.6 Å². The minimum Gasteiger partial charge on any atom is -0.493 e. The molecule has 0 atom stereocenters. The number of nitrogens with zero attached hydrogens (tertiary/aromatic N) is 2. The van der Waals surface area contributed by atoms with E-state index in [1.54, 1.807) is 67.9 Å². The first-order valence-electron chi connectivity index (χ1n) is 8.77. The number of benzene rings is 2. The summed E-state index contributed by atoms with van der Waals surface area (Å²) in [7, 11) is 1.56. The maximum atomic E-state index is 13.0. The standard InChI is InChI=1S/C22H16ClN3O3/c1-28-18-6-4-5-14-13-17(21(27)26-19-7-2-3-12-24-19)22(29-20(14)18)25-16-10-8-15(23)9-11-16/h2-13H,1H3,(H,24,26,27). The smallest absolute Gasteiger partial charge is 0.262 e. The second-order valence-electron chi connectivity index (χ2n) is 6.10. The number of hydrogen-bond donors (Lipinski definition) is 1. The molecule has 0 fully saturated rings. The van der Waals surface area contributed by atoms with Crippen molar-refractivity contribution in [2.45, 2.75) is 0 Å². The van der Waals surface area contributed by atoms with Gasteiger partial charge in [-0.15, -0.1) is 0 Å². The number of halogens is 1. The number of nitrogens with one attached hydrogen (secondary N) is 1. The van der Waals surface area contributed by atoms with Gasteiger partial charge in [0.25, 0.3) is 5.91 Å². The van der Waals surface area contributed by atoms with E-state index < -0.39 is 0 Å². The number of hydrogen-bond acceptors (Lipinski definition) is 5. The zero-order valence-electron chi connectivity index (χ0n) is 15.4.